The summed E-state index contributed by atoms with van der Waals surface area (Å²) in [4.78, 5) is 12.5. The van der Waals surface area contributed by atoms with Crippen LogP contribution in [-0.2, 0) is 17.9 Å². The van der Waals surface area contributed by atoms with Crippen molar-refractivity contribution in [2.24, 2.45) is 0 Å². The van der Waals surface area contributed by atoms with Gasteiger partial charge in [0.2, 0.25) is 0 Å². The van der Waals surface area contributed by atoms with Crippen molar-refractivity contribution in [2.75, 3.05) is 19.5 Å². The number of ketones is 1. The maximum Gasteiger partial charge on any atom is 0.191 e. The van der Waals surface area contributed by atoms with E-state index in [-0.39, 0.29) is 18.1 Å². The van der Waals surface area contributed by atoms with Crippen LogP contribution >= 0.6 is 11.8 Å². The molecule has 0 saturated carbocycles. The van der Waals surface area contributed by atoms with Crippen molar-refractivity contribution in [3.05, 3.63) is 96.3 Å². The molecule has 0 bridgehead atoms. The first-order valence-corrected chi connectivity index (χ1v) is 11.6. The summed E-state index contributed by atoms with van der Waals surface area (Å²) in [7, 11) is 1.66. The quantitative estimate of drug-likeness (QED) is 0.228. The molecule has 0 aliphatic rings. The van der Waals surface area contributed by atoms with Crippen molar-refractivity contribution in [1.82, 2.24) is 14.8 Å². The molecule has 0 spiro atoms. The Morgan fingerprint density at radius 3 is 2.36 bits per heavy atom. The second-order valence-electron chi connectivity index (χ2n) is 7.27. The Balaban J connectivity index is 1.48. The largest absolute Gasteiger partial charge is 0.485 e. The molecule has 0 atom stereocenters. The molecule has 0 aliphatic carbocycles. The number of nitrogens with zero attached hydrogens (tertiary/aromatic N) is 3. The lowest BCUT2D eigenvalue weighted by Gasteiger charge is -2.13. The minimum Gasteiger partial charge on any atom is -0.485 e. The van der Waals surface area contributed by atoms with Gasteiger partial charge < -0.3 is 14.0 Å². The first kappa shape index (κ1) is 22.8. The molecule has 1 heterocycles. The average Bonchev–Trinajstić information content (AvgIpc) is 3.27. The van der Waals surface area contributed by atoms with Gasteiger partial charge in [-0.3, -0.25) is 4.79 Å². The fourth-order valence-electron chi connectivity index (χ4n) is 3.37. The Bertz CT molecular complexity index is 1180. The summed E-state index contributed by atoms with van der Waals surface area (Å²) in [6, 6.07) is 27.3. The van der Waals surface area contributed by atoms with E-state index in [1.165, 1.54) is 11.8 Å². The molecule has 0 fully saturated rings. The van der Waals surface area contributed by atoms with Crippen LogP contribution in [0.3, 0.4) is 0 Å². The predicted octanol–water partition coefficient (Wildman–Crippen LogP) is 5.15. The van der Waals surface area contributed by atoms with Crippen LogP contribution in [-0.4, -0.2) is 40.0 Å². The minimum absolute atomic E-state index is 0.0523. The number of Topliss-reactive ketones (excluding diaryl/α,β-unsaturated/α-hetero) is 1. The molecule has 4 rings (SSSR count). The third kappa shape index (κ3) is 5.88. The second-order valence-corrected chi connectivity index (χ2v) is 8.21. The van der Waals surface area contributed by atoms with E-state index in [1.807, 2.05) is 77.4 Å². The predicted molar refractivity (Wildman–Crippen MR) is 130 cm³/mol. The molecule has 1 aromatic heterocycles. The molecule has 7 heteroatoms. The highest BCUT2D eigenvalue weighted by Crippen LogP contribution is 2.30. The molecule has 6 nitrogen and oxygen atoms in total. The van der Waals surface area contributed by atoms with Crippen LogP contribution in [0.25, 0.3) is 11.1 Å². The molecule has 0 N–H and O–H groups in total. The van der Waals surface area contributed by atoms with E-state index in [0.29, 0.717) is 29.7 Å². The molecular formula is C26H25N3O3S. The lowest BCUT2D eigenvalue weighted by molar-refractivity contribution is 0.102. The number of ether oxygens (including phenoxy) is 2. The van der Waals surface area contributed by atoms with Crippen molar-refractivity contribution >= 4 is 17.5 Å². The Hall–Kier alpha value is -3.42. The Morgan fingerprint density at radius 2 is 1.61 bits per heavy atom. The minimum atomic E-state index is 0.0523. The Labute approximate surface area is 197 Å². The van der Waals surface area contributed by atoms with Gasteiger partial charge in [-0.2, -0.15) is 0 Å². The summed E-state index contributed by atoms with van der Waals surface area (Å²) >= 11 is 1.37. The molecule has 4 aromatic rings. The molecule has 0 unspecified atom stereocenters. The molecular weight excluding hydrogens is 434 g/mol. The third-order valence-electron chi connectivity index (χ3n) is 5.07. The van der Waals surface area contributed by atoms with Gasteiger partial charge in [0.15, 0.2) is 16.8 Å². The van der Waals surface area contributed by atoms with Gasteiger partial charge in [-0.05, 0) is 11.6 Å². The monoisotopic (exact) mass is 459 g/mol. The van der Waals surface area contributed by atoms with Crippen LogP contribution in [0.2, 0.25) is 0 Å². The fraction of sp³-hybridized carbons (Fsp3) is 0.192. The summed E-state index contributed by atoms with van der Waals surface area (Å²) in [5.41, 5.74) is 2.79. The van der Waals surface area contributed by atoms with Gasteiger partial charge >= 0.3 is 0 Å². The number of rotatable bonds is 11. The number of aromatic nitrogens is 3. The molecule has 0 aliphatic heterocycles. The van der Waals surface area contributed by atoms with Crippen molar-refractivity contribution in [3.8, 4) is 16.9 Å². The van der Waals surface area contributed by atoms with E-state index < -0.39 is 0 Å². The van der Waals surface area contributed by atoms with Gasteiger partial charge in [-0.15, -0.1) is 10.2 Å². The second kappa shape index (κ2) is 11.4. The number of thioether (sulfide) groups is 1. The van der Waals surface area contributed by atoms with E-state index in [1.54, 1.807) is 7.11 Å². The Kier molecular flexibility index (Phi) is 7.90. The van der Waals surface area contributed by atoms with Crippen LogP contribution in [0.5, 0.6) is 5.75 Å². The lowest BCUT2D eigenvalue weighted by atomic mass is 10.1. The smallest absolute Gasteiger partial charge is 0.191 e. The van der Waals surface area contributed by atoms with Crippen LogP contribution in [0, 0.1) is 0 Å². The summed E-state index contributed by atoms with van der Waals surface area (Å²) in [5, 5.41) is 9.33. The van der Waals surface area contributed by atoms with Gasteiger partial charge in [-0.1, -0.05) is 90.6 Å². The van der Waals surface area contributed by atoms with Crippen LogP contribution in [0.1, 0.15) is 16.2 Å². The molecule has 0 radical (unpaired) electrons. The zero-order valence-electron chi connectivity index (χ0n) is 18.4. The van der Waals surface area contributed by atoms with Crippen molar-refractivity contribution in [3.63, 3.8) is 0 Å². The summed E-state index contributed by atoms with van der Waals surface area (Å²) in [6.45, 7) is 1.34. The maximum absolute atomic E-state index is 12.5. The van der Waals surface area contributed by atoms with Crippen LogP contribution in [0.15, 0.2) is 90.1 Å². The van der Waals surface area contributed by atoms with Gasteiger partial charge in [0.05, 0.1) is 12.4 Å². The van der Waals surface area contributed by atoms with Gasteiger partial charge in [0.25, 0.3) is 0 Å². The third-order valence-corrected chi connectivity index (χ3v) is 6.04. The summed E-state index contributed by atoms with van der Waals surface area (Å²) in [5.74, 6) is 1.80. The fourth-order valence-corrected chi connectivity index (χ4v) is 4.25. The lowest BCUT2D eigenvalue weighted by Crippen LogP contribution is -2.12. The Morgan fingerprint density at radius 1 is 0.909 bits per heavy atom. The number of hydrogen-bond acceptors (Lipinski definition) is 6. The van der Waals surface area contributed by atoms with E-state index >= 15 is 0 Å². The van der Waals surface area contributed by atoms with Crippen molar-refractivity contribution < 1.29 is 14.3 Å². The van der Waals surface area contributed by atoms with Crippen molar-refractivity contribution in [2.45, 2.75) is 18.3 Å². The highest BCUT2D eigenvalue weighted by molar-refractivity contribution is 7.99. The number of methoxy groups -OCH3 is 1. The number of carbonyl (C=O) groups excluding carboxylic acids is 1. The van der Waals surface area contributed by atoms with Gasteiger partial charge in [0.1, 0.15) is 12.4 Å². The SMILES string of the molecule is COCCn1c(COc2ccccc2-c2ccccc2)nnc1SCC(=O)c1ccccc1. The molecule has 33 heavy (non-hydrogen) atoms. The number of hydrogen-bond donors (Lipinski definition) is 0. The van der Waals surface area contributed by atoms with Crippen molar-refractivity contribution in [1.29, 1.82) is 0 Å². The van der Waals surface area contributed by atoms with Crippen LogP contribution < -0.4 is 4.74 Å². The molecule has 0 amide bonds. The van der Waals surface area contributed by atoms with E-state index in [9.17, 15) is 4.79 Å². The first-order chi connectivity index (χ1) is 16.3. The topological polar surface area (TPSA) is 66.2 Å². The maximum atomic E-state index is 12.5. The summed E-state index contributed by atoms with van der Waals surface area (Å²) in [6.07, 6.45) is 0. The first-order valence-electron chi connectivity index (χ1n) is 10.7. The number of carbonyl (C=O) groups is 1. The standard InChI is InChI=1S/C26H25N3O3S/c1-31-17-16-29-25(27-28-26(29)33-19-23(30)21-12-6-3-7-13-21)18-32-24-15-9-8-14-22(24)20-10-4-2-5-11-20/h2-15H,16-19H2,1H3. The van der Waals surface area contributed by atoms with E-state index in [0.717, 1.165) is 16.9 Å². The van der Waals surface area contributed by atoms with E-state index in [2.05, 4.69) is 22.3 Å². The van der Waals surface area contributed by atoms with Crippen LogP contribution in [0.4, 0.5) is 0 Å². The number of benzene rings is 3. The van der Waals surface area contributed by atoms with Gasteiger partial charge in [0, 0.05) is 24.8 Å². The summed E-state index contributed by atoms with van der Waals surface area (Å²) < 4.78 is 13.4. The highest BCUT2D eigenvalue weighted by atomic mass is 32.2. The molecule has 0 saturated heterocycles. The van der Waals surface area contributed by atoms with Gasteiger partial charge in [-0.25, -0.2) is 0 Å². The average molecular weight is 460 g/mol. The highest BCUT2D eigenvalue weighted by Gasteiger charge is 2.16. The number of para-hydroxylation sites is 1. The normalized spacial score (nSPS) is 10.8. The molecule has 168 valence electrons. The zero-order chi connectivity index (χ0) is 22.9. The molecule has 3 aromatic carbocycles. The zero-order valence-corrected chi connectivity index (χ0v) is 19.2. The van der Waals surface area contributed by atoms with E-state index in [4.69, 9.17) is 9.47 Å².